The van der Waals surface area contributed by atoms with Crippen molar-refractivity contribution in [2.24, 2.45) is 5.10 Å². The highest BCUT2D eigenvalue weighted by atomic mass is 79.9. The van der Waals surface area contributed by atoms with E-state index >= 15 is 0 Å². The monoisotopic (exact) mass is 716 g/mol. The van der Waals surface area contributed by atoms with Crippen molar-refractivity contribution in [2.75, 3.05) is 6.61 Å². The van der Waals surface area contributed by atoms with Crippen molar-refractivity contribution in [3.8, 4) is 23.1 Å². The van der Waals surface area contributed by atoms with Crippen LogP contribution >= 0.6 is 31.9 Å². The highest BCUT2D eigenvalue weighted by Crippen LogP contribution is 2.39. The van der Waals surface area contributed by atoms with Crippen LogP contribution in [-0.2, 0) is 6.61 Å². The lowest BCUT2D eigenvalue weighted by molar-refractivity contribution is -0.386. The third-order valence-electron chi connectivity index (χ3n) is 6.63. The van der Waals surface area contributed by atoms with Gasteiger partial charge in [0.1, 0.15) is 12.2 Å². The zero-order valence-electron chi connectivity index (χ0n) is 23.1. The van der Waals surface area contributed by atoms with Gasteiger partial charge in [-0.2, -0.15) is 9.78 Å². The Morgan fingerprint density at radius 3 is 2.55 bits per heavy atom. The molecule has 44 heavy (non-hydrogen) atoms. The first-order chi connectivity index (χ1) is 21.3. The Bertz CT molecular complexity index is 2120. The normalized spacial score (nSPS) is 11.4. The van der Waals surface area contributed by atoms with Gasteiger partial charge in [-0.1, -0.05) is 56.1 Å². The Hall–Kier alpha value is -4.81. The Labute approximate surface area is 267 Å². The fourth-order valence-electron chi connectivity index (χ4n) is 4.60. The van der Waals surface area contributed by atoms with Gasteiger partial charge in [-0.3, -0.25) is 14.9 Å². The van der Waals surface area contributed by atoms with Gasteiger partial charge in [0.25, 0.3) is 5.56 Å². The number of ether oxygens (including phenoxy) is 2. The molecule has 0 amide bonds. The quantitative estimate of drug-likeness (QED) is 0.0841. The maximum Gasteiger partial charge on any atom is 0.315 e. The Balaban J connectivity index is 1.44. The summed E-state index contributed by atoms with van der Waals surface area (Å²) in [5.41, 5.74) is 1.48. The molecular weight excluding hydrogens is 696 g/mol. The average Bonchev–Trinajstić information content (AvgIpc) is 3.44. The van der Waals surface area contributed by atoms with Crippen LogP contribution in [-0.4, -0.2) is 27.4 Å². The summed E-state index contributed by atoms with van der Waals surface area (Å²) >= 11 is 6.86. The molecule has 2 heterocycles. The second kappa shape index (κ2) is 12.4. The van der Waals surface area contributed by atoms with Crippen LogP contribution in [0.3, 0.4) is 0 Å². The maximum absolute atomic E-state index is 13.7. The lowest BCUT2D eigenvalue weighted by atomic mass is 10.1. The predicted molar refractivity (Wildman–Crippen MR) is 175 cm³/mol. The smallest absolute Gasteiger partial charge is 0.315 e. The molecule has 2 aromatic heterocycles. The molecule has 10 nitrogen and oxygen atoms in total. The number of rotatable bonds is 9. The van der Waals surface area contributed by atoms with E-state index in [2.05, 4.69) is 41.9 Å². The molecule has 0 bridgehead atoms. The molecule has 0 saturated heterocycles. The number of hydrogen-bond acceptors (Lipinski definition) is 8. The largest absolute Gasteiger partial charge is 0.490 e. The van der Waals surface area contributed by atoms with Gasteiger partial charge in [0, 0.05) is 26.0 Å². The molecule has 0 fully saturated rings. The molecule has 220 valence electrons. The second-order valence-corrected chi connectivity index (χ2v) is 11.4. The summed E-state index contributed by atoms with van der Waals surface area (Å²) in [5, 5.41) is 17.8. The van der Waals surface area contributed by atoms with Crippen LogP contribution in [0.4, 0.5) is 5.69 Å². The molecule has 0 aliphatic heterocycles. The highest BCUT2D eigenvalue weighted by molar-refractivity contribution is 9.10. The van der Waals surface area contributed by atoms with Crippen molar-refractivity contribution in [1.29, 1.82) is 0 Å². The second-order valence-electron chi connectivity index (χ2n) is 9.58. The number of nitrogens with zero attached hydrogens (tertiary/aromatic N) is 4. The summed E-state index contributed by atoms with van der Waals surface area (Å²) in [6.07, 6.45) is 1.34. The van der Waals surface area contributed by atoms with Crippen LogP contribution in [0.5, 0.6) is 11.5 Å². The lowest BCUT2D eigenvalue weighted by Gasteiger charge is -2.13. The number of furan rings is 1. The Kier molecular flexibility index (Phi) is 8.27. The van der Waals surface area contributed by atoms with Crippen molar-refractivity contribution in [2.45, 2.75) is 13.5 Å². The van der Waals surface area contributed by atoms with Gasteiger partial charge in [-0.05, 0) is 67.1 Å². The summed E-state index contributed by atoms with van der Waals surface area (Å²) < 4.78 is 20.6. The number of aromatic nitrogens is 2. The van der Waals surface area contributed by atoms with E-state index in [0.717, 1.165) is 24.6 Å². The van der Waals surface area contributed by atoms with Crippen LogP contribution in [0.2, 0.25) is 0 Å². The Morgan fingerprint density at radius 2 is 1.77 bits per heavy atom. The van der Waals surface area contributed by atoms with Crippen molar-refractivity contribution in [3.05, 3.63) is 125 Å². The van der Waals surface area contributed by atoms with Crippen LogP contribution < -0.4 is 15.0 Å². The van der Waals surface area contributed by atoms with E-state index in [9.17, 15) is 14.9 Å². The first-order valence-corrected chi connectivity index (χ1v) is 15.0. The minimum absolute atomic E-state index is 0.00409. The summed E-state index contributed by atoms with van der Waals surface area (Å²) in [4.78, 5) is 30.0. The molecule has 6 aromatic rings. The summed E-state index contributed by atoms with van der Waals surface area (Å²) in [5.74, 6) is 0.671. The third-order valence-corrected chi connectivity index (χ3v) is 7.65. The number of hydrogen-bond donors (Lipinski definition) is 0. The number of para-hydroxylation sites is 1. The van der Waals surface area contributed by atoms with Crippen molar-refractivity contribution in [3.63, 3.8) is 0 Å². The summed E-state index contributed by atoms with van der Waals surface area (Å²) in [7, 11) is 0. The van der Waals surface area contributed by atoms with E-state index in [-0.39, 0.29) is 36.2 Å². The molecule has 0 radical (unpaired) electrons. The molecule has 0 N–H and O–H groups in total. The van der Waals surface area contributed by atoms with Crippen LogP contribution in [0.1, 0.15) is 18.1 Å². The number of fused-ring (bicyclic) bond motifs is 2. The highest BCUT2D eigenvalue weighted by Gasteiger charge is 2.23. The fourth-order valence-corrected chi connectivity index (χ4v) is 5.24. The van der Waals surface area contributed by atoms with Crippen molar-refractivity contribution < 1.29 is 18.8 Å². The number of benzene rings is 4. The molecule has 0 aliphatic rings. The standard InChI is InChI=1S/C32H22Br2N4O6/c1-2-42-28-14-20(13-26(38(40)41)30(28)43-18-19-7-9-22(33)10-8-19)17-35-37-31(36-25-6-4-3-5-24(25)32(37)39)29-16-21-15-23(34)11-12-27(21)44-29/h3-17H,2,18H2,1H3. The molecule has 4 aromatic carbocycles. The van der Waals surface area contributed by atoms with Crippen LogP contribution in [0.15, 0.2) is 108 Å². The SMILES string of the molecule is CCOc1cc(C=Nn2c(-c3cc4cc(Br)ccc4o3)nc3ccccc3c2=O)cc([N+](=O)[O-])c1OCc1ccc(Br)cc1. The van der Waals surface area contributed by atoms with E-state index in [1.54, 1.807) is 43.3 Å². The summed E-state index contributed by atoms with van der Waals surface area (Å²) in [6.45, 7) is 2.10. The molecule has 0 unspecified atom stereocenters. The van der Waals surface area contributed by atoms with E-state index < -0.39 is 10.5 Å². The van der Waals surface area contributed by atoms with Gasteiger partial charge in [0.05, 0.1) is 28.6 Å². The number of nitro groups is 1. The van der Waals surface area contributed by atoms with E-state index in [1.165, 1.54) is 12.3 Å². The molecular formula is C32H22Br2N4O6. The molecule has 0 atom stereocenters. The van der Waals surface area contributed by atoms with Crippen molar-refractivity contribution in [1.82, 2.24) is 9.66 Å². The third kappa shape index (κ3) is 5.99. The number of nitro benzene ring substituents is 1. The Morgan fingerprint density at radius 1 is 1.00 bits per heavy atom. The van der Waals surface area contributed by atoms with Gasteiger partial charge in [0.15, 0.2) is 11.5 Å². The van der Waals surface area contributed by atoms with E-state index in [4.69, 9.17) is 13.9 Å². The van der Waals surface area contributed by atoms with Gasteiger partial charge in [0.2, 0.25) is 11.6 Å². The predicted octanol–water partition coefficient (Wildman–Crippen LogP) is 8.10. The van der Waals surface area contributed by atoms with Gasteiger partial charge in [-0.25, -0.2) is 4.98 Å². The van der Waals surface area contributed by atoms with Crippen LogP contribution in [0, 0.1) is 10.1 Å². The fraction of sp³-hybridized carbons (Fsp3) is 0.0938. The zero-order chi connectivity index (χ0) is 30.8. The number of halogens is 2. The molecule has 0 aliphatic carbocycles. The molecule has 0 saturated carbocycles. The van der Waals surface area contributed by atoms with Gasteiger partial charge in [-0.15, -0.1) is 0 Å². The molecule has 0 spiro atoms. The first-order valence-electron chi connectivity index (χ1n) is 13.4. The van der Waals surface area contributed by atoms with Crippen molar-refractivity contribution >= 4 is 65.6 Å². The maximum atomic E-state index is 13.7. The van der Waals surface area contributed by atoms with Gasteiger partial charge < -0.3 is 13.9 Å². The zero-order valence-corrected chi connectivity index (χ0v) is 26.2. The summed E-state index contributed by atoms with van der Waals surface area (Å²) in [6, 6.07) is 24.6. The minimum Gasteiger partial charge on any atom is -0.490 e. The average molecular weight is 718 g/mol. The van der Waals surface area contributed by atoms with E-state index in [0.29, 0.717) is 27.8 Å². The lowest BCUT2D eigenvalue weighted by Crippen LogP contribution is -2.20. The van der Waals surface area contributed by atoms with Gasteiger partial charge >= 0.3 is 5.69 Å². The first kappa shape index (κ1) is 29.3. The minimum atomic E-state index is -0.543. The topological polar surface area (TPSA) is 122 Å². The molecule has 12 heteroatoms. The van der Waals surface area contributed by atoms with Crippen LogP contribution in [0.25, 0.3) is 33.5 Å². The molecule has 6 rings (SSSR count). The van der Waals surface area contributed by atoms with E-state index in [1.807, 2.05) is 42.5 Å².